The fraction of sp³-hybridized carbons (Fsp3) is 0.320. The second-order valence-electron chi connectivity index (χ2n) is 8.41. The maximum absolute atomic E-state index is 13.7. The number of rotatable bonds is 6. The number of allylic oxidation sites excluding steroid dienone is 2. The van der Waals surface area contributed by atoms with Gasteiger partial charge in [-0.1, -0.05) is 6.07 Å². The number of aromatic nitrogens is 3. The number of nitrogen functional groups attached to an aromatic ring is 1. The number of carbonyl (C=O) groups excluding carboxylic acids is 1. The lowest BCUT2D eigenvalue weighted by Gasteiger charge is -2.35. The van der Waals surface area contributed by atoms with Crippen LogP contribution < -0.4 is 30.0 Å². The summed E-state index contributed by atoms with van der Waals surface area (Å²) < 4.78 is 23.6. The van der Waals surface area contributed by atoms with Crippen LogP contribution in [0.4, 0.5) is 11.9 Å². The van der Waals surface area contributed by atoms with Gasteiger partial charge in [0.1, 0.15) is 17.5 Å². The normalized spacial score (nSPS) is 18.9. The molecule has 0 unspecified atom stereocenters. The molecule has 1 aliphatic carbocycles. The Morgan fingerprint density at radius 1 is 0.943 bits per heavy atom. The van der Waals surface area contributed by atoms with E-state index in [1.165, 1.54) is 0 Å². The molecule has 0 saturated carbocycles. The van der Waals surface area contributed by atoms with Crippen molar-refractivity contribution in [2.75, 3.05) is 39.5 Å². The van der Waals surface area contributed by atoms with Gasteiger partial charge in [0.2, 0.25) is 11.9 Å². The minimum absolute atomic E-state index is 0.00753. The number of ketones is 1. The third-order valence-corrected chi connectivity index (χ3v) is 6.55. The van der Waals surface area contributed by atoms with E-state index in [2.05, 4.69) is 15.4 Å². The predicted molar refractivity (Wildman–Crippen MR) is 129 cm³/mol. The van der Waals surface area contributed by atoms with Crippen LogP contribution in [0.3, 0.4) is 0 Å². The van der Waals surface area contributed by atoms with E-state index in [-0.39, 0.29) is 17.6 Å². The van der Waals surface area contributed by atoms with Crippen molar-refractivity contribution >= 4 is 17.7 Å². The molecule has 0 bridgehead atoms. The predicted octanol–water partition coefficient (Wildman–Crippen LogP) is 3.31. The molecule has 2 heterocycles. The van der Waals surface area contributed by atoms with Gasteiger partial charge in [-0.15, -0.1) is 5.10 Å². The summed E-state index contributed by atoms with van der Waals surface area (Å²) in [7, 11) is 6.38. The van der Waals surface area contributed by atoms with Crippen LogP contribution in [0.5, 0.6) is 23.0 Å². The molecule has 2 aliphatic rings. The Bertz CT molecular complexity index is 1330. The lowest BCUT2D eigenvalue weighted by molar-refractivity contribution is -0.116. The molecule has 3 aromatic rings. The first-order valence-electron chi connectivity index (χ1n) is 11.2. The third-order valence-electron chi connectivity index (χ3n) is 6.55. The number of benzene rings is 2. The van der Waals surface area contributed by atoms with Crippen molar-refractivity contribution in [3.8, 4) is 23.0 Å². The number of nitrogens with one attached hydrogen (secondary N) is 1. The summed E-state index contributed by atoms with van der Waals surface area (Å²) in [5.74, 6) is 3.06. The fourth-order valence-corrected chi connectivity index (χ4v) is 4.91. The van der Waals surface area contributed by atoms with Gasteiger partial charge < -0.3 is 30.0 Å². The summed E-state index contributed by atoms with van der Waals surface area (Å²) in [6, 6.07) is 10.7. The second-order valence-corrected chi connectivity index (χ2v) is 8.41. The number of methoxy groups -OCH3 is 4. The summed E-state index contributed by atoms with van der Waals surface area (Å²) >= 11 is 0. The van der Waals surface area contributed by atoms with Crippen LogP contribution in [0.1, 0.15) is 35.9 Å². The summed E-state index contributed by atoms with van der Waals surface area (Å²) in [6.45, 7) is 0. The second kappa shape index (κ2) is 8.86. The highest BCUT2D eigenvalue weighted by molar-refractivity contribution is 6.00. The van der Waals surface area contributed by atoms with Gasteiger partial charge in [0.15, 0.2) is 17.3 Å². The summed E-state index contributed by atoms with van der Waals surface area (Å²) in [6.07, 6.45) is 0.935. The van der Waals surface area contributed by atoms with Crippen molar-refractivity contribution in [1.29, 1.82) is 0 Å². The number of anilines is 2. The van der Waals surface area contributed by atoms with Crippen molar-refractivity contribution in [1.82, 2.24) is 14.8 Å². The van der Waals surface area contributed by atoms with Crippen LogP contribution in [0.25, 0.3) is 0 Å². The average molecular weight is 478 g/mol. The zero-order valence-corrected chi connectivity index (χ0v) is 20.0. The van der Waals surface area contributed by atoms with E-state index in [0.29, 0.717) is 47.4 Å². The van der Waals surface area contributed by atoms with Crippen molar-refractivity contribution in [3.05, 3.63) is 58.8 Å². The Morgan fingerprint density at radius 2 is 1.69 bits per heavy atom. The van der Waals surface area contributed by atoms with Crippen LogP contribution in [0.2, 0.25) is 0 Å². The van der Waals surface area contributed by atoms with E-state index < -0.39 is 6.04 Å². The van der Waals surface area contributed by atoms with Gasteiger partial charge in [-0.3, -0.25) is 4.79 Å². The molecule has 0 amide bonds. The highest BCUT2D eigenvalue weighted by Gasteiger charge is 2.41. The Morgan fingerprint density at radius 3 is 2.40 bits per heavy atom. The van der Waals surface area contributed by atoms with E-state index >= 15 is 0 Å². The van der Waals surface area contributed by atoms with E-state index in [1.54, 1.807) is 33.1 Å². The number of nitrogens with two attached hydrogens (primary N) is 1. The third kappa shape index (κ3) is 3.80. The minimum Gasteiger partial charge on any atom is -0.497 e. The Hall–Kier alpha value is -4.21. The Balaban J connectivity index is 1.61. The smallest absolute Gasteiger partial charge is 0.241 e. The van der Waals surface area contributed by atoms with Gasteiger partial charge in [-0.05, 0) is 48.2 Å². The number of carbonyl (C=O) groups is 1. The van der Waals surface area contributed by atoms with Gasteiger partial charge in [0, 0.05) is 23.3 Å². The highest BCUT2D eigenvalue weighted by atomic mass is 16.5. The molecule has 2 aromatic carbocycles. The molecule has 0 fully saturated rings. The number of nitrogens with zero attached hydrogens (tertiary/aromatic N) is 3. The Labute approximate surface area is 202 Å². The summed E-state index contributed by atoms with van der Waals surface area (Å²) in [4.78, 5) is 18.1. The quantitative estimate of drug-likeness (QED) is 0.550. The Kier molecular flexibility index (Phi) is 5.72. The lowest BCUT2D eigenvalue weighted by Crippen LogP contribution is -2.33. The van der Waals surface area contributed by atoms with Gasteiger partial charge in [0.05, 0.1) is 28.4 Å². The van der Waals surface area contributed by atoms with Crippen molar-refractivity contribution in [2.24, 2.45) is 0 Å². The van der Waals surface area contributed by atoms with Crippen LogP contribution >= 0.6 is 0 Å². The first-order chi connectivity index (χ1) is 17.0. The van der Waals surface area contributed by atoms with Gasteiger partial charge in [-0.2, -0.15) is 4.98 Å². The zero-order chi connectivity index (χ0) is 24.7. The minimum atomic E-state index is -0.560. The number of ether oxygens (including phenoxy) is 4. The molecule has 3 N–H and O–H groups in total. The molecule has 5 rings (SSSR count). The maximum atomic E-state index is 13.7. The zero-order valence-electron chi connectivity index (χ0n) is 20.0. The molecule has 2 atom stereocenters. The van der Waals surface area contributed by atoms with Crippen molar-refractivity contribution in [3.63, 3.8) is 0 Å². The number of hydrogen-bond donors (Lipinski definition) is 2. The fourth-order valence-electron chi connectivity index (χ4n) is 4.91. The first kappa shape index (κ1) is 22.6. The van der Waals surface area contributed by atoms with Crippen molar-refractivity contribution in [2.45, 2.75) is 24.8 Å². The van der Waals surface area contributed by atoms with Gasteiger partial charge in [-0.25, -0.2) is 4.68 Å². The standard InChI is InChI=1S/C25H27N5O5/c1-32-15-6-8-19(33-2)16(12-15)23-22-17(27-25-28-24(26)29-30(23)25)9-14(10-18(22)31)13-5-7-20(34-3)21(11-13)35-4/h5-8,11-12,14,23H,9-10H2,1-4H3,(H3,26,27,28,29)/t14-,23-/m1/s1. The molecule has 10 nitrogen and oxygen atoms in total. The molecular formula is C25H27N5O5. The molecule has 1 aliphatic heterocycles. The first-order valence-corrected chi connectivity index (χ1v) is 11.2. The molecule has 0 radical (unpaired) electrons. The van der Waals surface area contributed by atoms with Gasteiger partial charge >= 0.3 is 0 Å². The summed E-state index contributed by atoms with van der Waals surface area (Å²) in [5.41, 5.74) is 9.10. The lowest BCUT2D eigenvalue weighted by atomic mass is 9.77. The topological polar surface area (TPSA) is 123 Å². The SMILES string of the molecule is COc1ccc(OC)c([C@@H]2C3=C(C[C@@H](c4ccc(OC)c(OC)c4)CC3=O)Nc3nc(N)nn32)c1. The molecule has 0 spiro atoms. The molecule has 35 heavy (non-hydrogen) atoms. The van der Waals surface area contributed by atoms with Gasteiger partial charge in [0.25, 0.3) is 0 Å². The van der Waals surface area contributed by atoms with Crippen LogP contribution in [0.15, 0.2) is 47.7 Å². The van der Waals surface area contributed by atoms with Crippen LogP contribution in [-0.2, 0) is 4.79 Å². The largest absolute Gasteiger partial charge is 0.497 e. The molecule has 1 aromatic heterocycles. The molecular weight excluding hydrogens is 450 g/mol. The number of hydrogen-bond acceptors (Lipinski definition) is 9. The number of fused-ring (bicyclic) bond motifs is 1. The monoisotopic (exact) mass is 477 g/mol. The molecule has 0 saturated heterocycles. The highest BCUT2D eigenvalue weighted by Crippen LogP contribution is 2.47. The molecule has 10 heteroatoms. The molecule has 182 valence electrons. The van der Waals surface area contributed by atoms with E-state index in [9.17, 15) is 4.79 Å². The maximum Gasteiger partial charge on any atom is 0.241 e. The summed E-state index contributed by atoms with van der Waals surface area (Å²) in [5, 5.41) is 7.70. The van der Waals surface area contributed by atoms with E-state index in [4.69, 9.17) is 24.7 Å². The van der Waals surface area contributed by atoms with Crippen molar-refractivity contribution < 1.29 is 23.7 Å². The number of Topliss-reactive ketones (excluding diaryl/α,β-unsaturated/α-hetero) is 1. The average Bonchev–Trinajstić information content (AvgIpc) is 3.25. The van der Waals surface area contributed by atoms with Crippen LogP contribution in [0, 0.1) is 0 Å². The van der Waals surface area contributed by atoms with Crippen LogP contribution in [-0.4, -0.2) is 49.0 Å². The van der Waals surface area contributed by atoms with E-state index in [0.717, 1.165) is 16.8 Å². The van der Waals surface area contributed by atoms with E-state index in [1.807, 2.05) is 36.4 Å².